The zero-order chi connectivity index (χ0) is 12.8. The Morgan fingerprint density at radius 3 is 2.78 bits per heavy atom. The number of morpholine rings is 1. The average molecular weight is 255 g/mol. The van der Waals surface area contributed by atoms with E-state index in [1.54, 1.807) is 0 Å². The van der Waals surface area contributed by atoms with Crippen LogP contribution in [-0.4, -0.2) is 67.7 Å². The number of rotatable bonds is 4. The van der Waals surface area contributed by atoms with Crippen molar-refractivity contribution < 1.29 is 9.53 Å². The summed E-state index contributed by atoms with van der Waals surface area (Å²) in [7, 11) is 0. The first-order valence-electron chi connectivity index (χ1n) is 7.09. The van der Waals surface area contributed by atoms with Crippen LogP contribution in [0.4, 0.5) is 0 Å². The molecule has 0 bridgehead atoms. The van der Waals surface area contributed by atoms with Crippen LogP contribution < -0.4 is 5.73 Å². The molecule has 0 radical (unpaired) electrons. The van der Waals surface area contributed by atoms with E-state index in [1.165, 1.54) is 6.42 Å². The minimum Gasteiger partial charge on any atom is -0.378 e. The van der Waals surface area contributed by atoms with Crippen molar-refractivity contribution in [3.05, 3.63) is 0 Å². The lowest BCUT2D eigenvalue weighted by atomic mass is 10.1. The van der Waals surface area contributed by atoms with Crippen LogP contribution in [0.1, 0.15) is 25.7 Å². The number of hydrogen-bond donors (Lipinski definition) is 1. The Morgan fingerprint density at radius 2 is 2.06 bits per heavy atom. The van der Waals surface area contributed by atoms with Crippen molar-refractivity contribution in [1.29, 1.82) is 0 Å². The number of ether oxygens (including phenoxy) is 1. The van der Waals surface area contributed by atoms with Crippen molar-refractivity contribution in [2.24, 2.45) is 5.73 Å². The summed E-state index contributed by atoms with van der Waals surface area (Å²) < 4.78 is 5.25. The molecule has 1 atom stereocenters. The van der Waals surface area contributed by atoms with E-state index in [-0.39, 0.29) is 5.91 Å². The van der Waals surface area contributed by atoms with Gasteiger partial charge in [-0.3, -0.25) is 4.79 Å². The summed E-state index contributed by atoms with van der Waals surface area (Å²) in [5.41, 5.74) is 5.94. The van der Waals surface area contributed by atoms with Gasteiger partial charge < -0.3 is 20.3 Å². The predicted octanol–water partition coefficient (Wildman–Crippen LogP) is 0.0485. The largest absolute Gasteiger partial charge is 0.378 e. The summed E-state index contributed by atoms with van der Waals surface area (Å²) in [4.78, 5) is 16.2. The second-order valence-corrected chi connectivity index (χ2v) is 5.30. The first kappa shape index (κ1) is 13.8. The molecule has 2 N–H and O–H groups in total. The summed E-state index contributed by atoms with van der Waals surface area (Å²) in [5.74, 6) is 0.277. The molecule has 2 aliphatic heterocycles. The zero-order valence-corrected chi connectivity index (χ0v) is 11.1. The maximum atomic E-state index is 11.9. The highest BCUT2D eigenvalue weighted by molar-refractivity contribution is 5.76. The lowest BCUT2D eigenvalue weighted by Gasteiger charge is -2.31. The molecule has 1 unspecified atom stereocenters. The van der Waals surface area contributed by atoms with Gasteiger partial charge in [-0.2, -0.15) is 0 Å². The van der Waals surface area contributed by atoms with E-state index < -0.39 is 0 Å². The number of likely N-dealkylation sites (tertiary alicyclic amines) is 1. The number of piperidine rings is 1. The third-order valence-electron chi connectivity index (χ3n) is 3.77. The fraction of sp³-hybridized carbons (Fsp3) is 0.923. The Balaban J connectivity index is 1.60. The van der Waals surface area contributed by atoms with Gasteiger partial charge in [-0.25, -0.2) is 0 Å². The molecule has 0 saturated carbocycles. The lowest BCUT2D eigenvalue weighted by Crippen LogP contribution is -2.43. The number of nitrogens with two attached hydrogens (primary N) is 1. The Kier molecular flexibility index (Phi) is 5.41. The molecule has 18 heavy (non-hydrogen) atoms. The Hall–Kier alpha value is -0.650. The van der Waals surface area contributed by atoms with Gasteiger partial charge in [0.2, 0.25) is 5.91 Å². The molecule has 1 amide bonds. The molecule has 0 aromatic carbocycles. The minimum absolute atomic E-state index is 0.277. The number of carbonyl (C=O) groups is 1. The van der Waals surface area contributed by atoms with E-state index in [2.05, 4.69) is 4.90 Å². The smallest absolute Gasteiger partial charge is 0.222 e. The van der Waals surface area contributed by atoms with Crippen molar-refractivity contribution in [3.8, 4) is 0 Å². The first-order chi connectivity index (χ1) is 8.75. The number of hydrogen-bond acceptors (Lipinski definition) is 4. The van der Waals surface area contributed by atoms with Gasteiger partial charge in [-0.15, -0.1) is 0 Å². The highest BCUT2D eigenvalue weighted by Gasteiger charge is 2.18. The Morgan fingerprint density at radius 1 is 1.28 bits per heavy atom. The summed E-state index contributed by atoms with van der Waals surface area (Å²) in [5, 5.41) is 0. The van der Waals surface area contributed by atoms with Gasteiger partial charge in [0, 0.05) is 32.1 Å². The van der Waals surface area contributed by atoms with Crippen LogP contribution in [0.15, 0.2) is 0 Å². The quantitative estimate of drug-likeness (QED) is 0.771. The maximum absolute atomic E-state index is 11.9. The number of carbonyl (C=O) groups excluding carboxylic acids is 1. The van der Waals surface area contributed by atoms with Crippen LogP contribution in [0, 0.1) is 0 Å². The second kappa shape index (κ2) is 7.07. The van der Waals surface area contributed by atoms with Crippen molar-refractivity contribution in [2.75, 3.05) is 45.9 Å². The molecule has 0 aromatic heterocycles. The van der Waals surface area contributed by atoms with Crippen molar-refractivity contribution in [1.82, 2.24) is 9.80 Å². The van der Waals surface area contributed by atoms with Crippen LogP contribution in [0.3, 0.4) is 0 Å². The fourth-order valence-corrected chi connectivity index (χ4v) is 2.72. The predicted molar refractivity (Wildman–Crippen MR) is 70.3 cm³/mol. The minimum atomic E-state index is 0.277. The van der Waals surface area contributed by atoms with E-state index in [9.17, 15) is 4.79 Å². The molecule has 2 saturated heterocycles. The maximum Gasteiger partial charge on any atom is 0.222 e. The van der Waals surface area contributed by atoms with Crippen LogP contribution in [-0.2, 0) is 9.53 Å². The molecule has 2 heterocycles. The zero-order valence-electron chi connectivity index (χ0n) is 11.1. The third kappa shape index (κ3) is 4.23. The van der Waals surface area contributed by atoms with E-state index in [1.807, 2.05) is 4.90 Å². The Labute approximate surface area is 109 Å². The highest BCUT2D eigenvalue weighted by atomic mass is 16.5. The normalized spacial score (nSPS) is 26.3. The van der Waals surface area contributed by atoms with Crippen LogP contribution in [0.25, 0.3) is 0 Å². The van der Waals surface area contributed by atoms with Gasteiger partial charge in [0.25, 0.3) is 0 Å². The van der Waals surface area contributed by atoms with E-state index >= 15 is 0 Å². The summed E-state index contributed by atoms with van der Waals surface area (Å²) in [6.07, 6.45) is 3.94. The number of amides is 1. The van der Waals surface area contributed by atoms with Crippen LogP contribution >= 0.6 is 0 Å². The standard InChI is InChI=1S/C13H25N3O2/c14-12-3-1-5-15(11-12)6-2-4-13(17)16-7-9-18-10-8-16/h12H,1-11,14H2. The van der Waals surface area contributed by atoms with Gasteiger partial charge in [-0.05, 0) is 32.4 Å². The van der Waals surface area contributed by atoms with Gasteiger partial charge >= 0.3 is 0 Å². The molecule has 2 rings (SSSR count). The number of nitrogens with zero attached hydrogens (tertiary/aromatic N) is 2. The molecule has 104 valence electrons. The highest BCUT2D eigenvalue weighted by Crippen LogP contribution is 2.10. The molecule has 2 fully saturated rings. The first-order valence-corrected chi connectivity index (χ1v) is 7.09. The van der Waals surface area contributed by atoms with E-state index in [4.69, 9.17) is 10.5 Å². The van der Waals surface area contributed by atoms with Crippen molar-refractivity contribution in [3.63, 3.8) is 0 Å². The SMILES string of the molecule is NC1CCCN(CCCC(=O)N2CCOCC2)C1. The van der Waals surface area contributed by atoms with Crippen molar-refractivity contribution >= 4 is 5.91 Å². The lowest BCUT2D eigenvalue weighted by molar-refractivity contribution is -0.135. The molecule has 5 nitrogen and oxygen atoms in total. The summed E-state index contributed by atoms with van der Waals surface area (Å²) in [6, 6.07) is 0.327. The van der Waals surface area contributed by atoms with Gasteiger partial charge in [-0.1, -0.05) is 0 Å². The topological polar surface area (TPSA) is 58.8 Å². The van der Waals surface area contributed by atoms with E-state index in [0.717, 1.165) is 45.6 Å². The van der Waals surface area contributed by atoms with Crippen LogP contribution in [0.2, 0.25) is 0 Å². The Bertz CT molecular complexity index is 267. The van der Waals surface area contributed by atoms with Gasteiger partial charge in [0.15, 0.2) is 0 Å². The monoisotopic (exact) mass is 255 g/mol. The van der Waals surface area contributed by atoms with Gasteiger partial charge in [0.05, 0.1) is 13.2 Å². The summed E-state index contributed by atoms with van der Waals surface area (Å²) >= 11 is 0. The van der Waals surface area contributed by atoms with Crippen LogP contribution in [0.5, 0.6) is 0 Å². The summed E-state index contributed by atoms with van der Waals surface area (Å²) in [6.45, 7) is 6.02. The molecule has 2 aliphatic rings. The molecule has 0 spiro atoms. The van der Waals surface area contributed by atoms with E-state index in [0.29, 0.717) is 25.7 Å². The molecule has 0 aliphatic carbocycles. The molecular formula is C13H25N3O2. The van der Waals surface area contributed by atoms with Gasteiger partial charge in [0.1, 0.15) is 0 Å². The molecule has 0 aromatic rings. The second-order valence-electron chi connectivity index (χ2n) is 5.30. The molecular weight excluding hydrogens is 230 g/mol. The average Bonchev–Trinajstić information content (AvgIpc) is 2.40. The molecule has 5 heteroatoms. The van der Waals surface area contributed by atoms with Crippen molar-refractivity contribution in [2.45, 2.75) is 31.7 Å². The fourth-order valence-electron chi connectivity index (χ4n) is 2.72. The third-order valence-corrected chi connectivity index (χ3v) is 3.77.